The highest BCUT2D eigenvalue weighted by Gasteiger charge is 2.34. The van der Waals surface area contributed by atoms with Crippen molar-refractivity contribution in [3.63, 3.8) is 0 Å². The molecule has 36 heteroatoms. The Morgan fingerprint density at radius 1 is 0.464 bits per heavy atom. The van der Waals surface area contributed by atoms with Crippen molar-refractivity contribution in [2.45, 2.75) is 129 Å². The number of anilines is 11. The molecule has 6 aromatic carbocycles. The zero-order valence-electron chi connectivity index (χ0n) is 78.4. The molecule has 3 aliphatic heterocycles. The van der Waals surface area contributed by atoms with E-state index in [2.05, 4.69) is 107 Å². The summed E-state index contributed by atoms with van der Waals surface area (Å²) in [5, 5.41) is 32.0. The average molecular weight is 1950 g/mol. The maximum Gasteiger partial charge on any atom is 0.276 e. The van der Waals surface area contributed by atoms with Crippen LogP contribution >= 0.6 is 11.3 Å². The molecule has 32 nitrogen and oxygen atoms in total. The van der Waals surface area contributed by atoms with Gasteiger partial charge in [-0.1, -0.05) is 73.5 Å². The summed E-state index contributed by atoms with van der Waals surface area (Å²) < 4.78 is 72.9. The fraction of sp³-hybridized carbons (Fsp3) is 0.279. The molecular formula is C104H110N24O8S4. The fourth-order valence-electron chi connectivity index (χ4n) is 18.1. The van der Waals surface area contributed by atoms with Crippen molar-refractivity contribution in [1.82, 2.24) is 84.4 Å². The molecule has 4 aliphatic rings. The van der Waals surface area contributed by atoms with Gasteiger partial charge in [-0.15, -0.1) is 11.3 Å². The number of pyridine rings is 6. The minimum Gasteiger partial charge on any atom is -0.382 e. The van der Waals surface area contributed by atoms with Gasteiger partial charge in [0.25, 0.3) is 16.7 Å². The van der Waals surface area contributed by atoms with Crippen LogP contribution in [0, 0.1) is 20.8 Å². The van der Waals surface area contributed by atoms with Crippen LogP contribution in [-0.4, -0.2) is 186 Å². The third-order valence-electron chi connectivity index (χ3n) is 25.4. The van der Waals surface area contributed by atoms with Crippen LogP contribution in [0.15, 0.2) is 283 Å². The minimum atomic E-state index is -3.92. The van der Waals surface area contributed by atoms with Crippen LogP contribution in [-0.2, 0) is 50.1 Å². The van der Waals surface area contributed by atoms with Crippen LogP contribution in [0.1, 0.15) is 84.2 Å². The number of hydrogen-bond acceptors (Lipinski definition) is 30. The molecule has 4 fully saturated rings. The van der Waals surface area contributed by atoms with E-state index in [1.807, 2.05) is 148 Å². The van der Waals surface area contributed by atoms with Crippen LogP contribution in [0.5, 0.6) is 0 Å². The van der Waals surface area contributed by atoms with Gasteiger partial charge >= 0.3 is 0 Å². The fourth-order valence-corrected chi connectivity index (χ4v) is 23.6. The molecule has 16 aromatic rings. The first-order valence-electron chi connectivity index (χ1n) is 47.0. The maximum atomic E-state index is 14.4. The van der Waals surface area contributed by atoms with Gasteiger partial charge in [-0.25, -0.2) is 36.8 Å². The quantitative estimate of drug-likeness (QED) is 0.0210. The van der Waals surface area contributed by atoms with E-state index in [-0.39, 0.29) is 56.7 Å². The monoisotopic (exact) mass is 1950 g/mol. The summed E-state index contributed by atoms with van der Waals surface area (Å²) in [6.45, 7) is 14.6. The van der Waals surface area contributed by atoms with Gasteiger partial charge in [-0.3, -0.25) is 47.2 Å². The molecule has 0 radical (unpaired) electrons. The molecule has 3 saturated heterocycles. The Kier molecular flexibility index (Phi) is 30.1. The number of aryl methyl sites for hydroxylation is 3. The number of hydrogen-bond donors (Lipinski definition) is 9. The van der Waals surface area contributed by atoms with Crippen LogP contribution in [0.4, 0.5) is 63.3 Å². The SMILES string of the molecule is CN(C)CCS(=O)c1ccccc1Cn1c(=O)c(Nc2cccnc2)cc2cnc(Nc3ccc(NC4CCCNC4)cc3)nc21.Cc1ccccc1-c1cc2cnc(Nc3ccc(N4CCNCC4)c(C)c3)nc2n(Cc2ccncc2S(=O)(=O)C2CCCC2)c1=O.Cc1scnc1-c1cc2cnc(Nc3ccc(NC4CCNCC4)cc3)nc2n(Cc2ncccc2S(=O)(=O)c2ccccc2)c1=O. The number of nitrogens with one attached hydrogen (secondary N) is 9. The van der Waals surface area contributed by atoms with E-state index in [1.165, 1.54) is 46.5 Å². The summed E-state index contributed by atoms with van der Waals surface area (Å²) in [4.78, 5) is 94.4. The van der Waals surface area contributed by atoms with Gasteiger partial charge in [0.2, 0.25) is 27.7 Å². The van der Waals surface area contributed by atoms with Crippen molar-refractivity contribution >= 4 is 138 Å². The molecule has 718 valence electrons. The lowest BCUT2D eigenvalue weighted by Gasteiger charge is -2.30. The summed E-state index contributed by atoms with van der Waals surface area (Å²) in [5.41, 5.74) is 14.7. The van der Waals surface area contributed by atoms with Gasteiger partial charge in [0.1, 0.15) is 22.6 Å². The molecule has 1 saturated carbocycles. The second-order valence-electron chi connectivity index (χ2n) is 35.5. The van der Waals surface area contributed by atoms with Gasteiger partial charge in [-0.2, -0.15) is 15.0 Å². The van der Waals surface area contributed by atoms with Crippen molar-refractivity contribution < 1.29 is 21.0 Å². The van der Waals surface area contributed by atoms with Crippen molar-refractivity contribution in [1.29, 1.82) is 0 Å². The Labute approximate surface area is 817 Å². The second-order valence-corrected chi connectivity index (χ2v) is 42.2. The van der Waals surface area contributed by atoms with E-state index in [0.717, 1.165) is 140 Å². The standard InChI is InChI=1S/C36H39N7O3S.C34H39N9O2S.C34H32N8O3S2/c1-24-7-3-6-10-30(24)31-20-27-21-39-36(40-28-11-12-32(25(2)19-28)42-17-15-37-16-18-42)41-34(27)43(35(31)44)23-26-13-14-38-22-33(26)47(45,46)29-8-4-5-9-29;1-42(2)17-18-46(45)31-10-4-3-7-24(31)23-43-32-25(19-30(33(43)44)39-29-9-6-16-36-22-29)20-37-34(41-32)40-27-13-11-26(12-14-27)38-28-8-5-15-35-21-28;1-22-31(38-21-46-22)28-18-23-19-37-34(40-25-11-9-24(10-12-25)39-26-13-16-35-17-14-26)41-32(23)42(33(28)43)20-29-30(8-5-15-36-29)47(44,45)27-6-3-2-4-7-27/h3,6-7,10-14,19-22,29,37H,4-5,8-9,15-18,23H2,1-2H3,(H,39,40,41);3-4,6-7,9-14,16,19-20,22,28,35,38-39H,5,8,15,17-18,21,23H2,1-2H3,(H,37,40,41);2-12,15,18-19,21,26,35,39H,13-14,16-17,20H2,1H3,(H,37,40,41). The molecule has 0 spiro atoms. The molecule has 140 heavy (non-hydrogen) atoms. The summed E-state index contributed by atoms with van der Waals surface area (Å²) in [5.74, 6) is 1.50. The predicted molar refractivity (Wildman–Crippen MR) is 556 cm³/mol. The summed E-state index contributed by atoms with van der Waals surface area (Å²) in [7, 11) is -4.86. The third-order valence-corrected chi connectivity index (χ3v) is 31.8. The molecular weight excluding hydrogens is 1840 g/mol. The highest BCUT2D eigenvalue weighted by atomic mass is 32.2. The molecule has 10 aromatic heterocycles. The van der Waals surface area contributed by atoms with Crippen molar-refractivity contribution in [3.8, 4) is 22.4 Å². The van der Waals surface area contributed by atoms with Gasteiger partial charge in [0.15, 0.2) is 9.84 Å². The van der Waals surface area contributed by atoms with Gasteiger partial charge in [-0.05, 0) is 254 Å². The summed E-state index contributed by atoms with van der Waals surface area (Å²) in [6, 6.07) is 60.3. The topological polar surface area (TPSA) is 395 Å². The van der Waals surface area contributed by atoms with Gasteiger partial charge in [0.05, 0.1) is 84.7 Å². The summed E-state index contributed by atoms with van der Waals surface area (Å²) in [6.07, 6.45) is 20.5. The highest BCUT2D eigenvalue weighted by molar-refractivity contribution is 7.92. The highest BCUT2D eigenvalue weighted by Crippen LogP contribution is 2.36. The third kappa shape index (κ3) is 22.5. The summed E-state index contributed by atoms with van der Waals surface area (Å²) >= 11 is 1.44. The van der Waals surface area contributed by atoms with Crippen molar-refractivity contribution in [2.24, 2.45) is 0 Å². The lowest BCUT2D eigenvalue weighted by Crippen LogP contribution is -2.43. The number of piperidine rings is 2. The maximum absolute atomic E-state index is 14.4. The largest absolute Gasteiger partial charge is 0.382 e. The lowest BCUT2D eigenvalue weighted by molar-refractivity contribution is 0.435. The van der Waals surface area contributed by atoms with E-state index in [1.54, 1.807) is 112 Å². The molecule has 0 bridgehead atoms. The molecule has 0 amide bonds. The molecule has 9 N–H and O–H groups in total. The molecule has 2 atom stereocenters. The number of piperazine rings is 1. The first-order chi connectivity index (χ1) is 68.1. The first-order valence-corrected chi connectivity index (χ1v) is 52.2. The minimum absolute atomic E-state index is 0.0204. The molecule has 13 heterocycles. The Morgan fingerprint density at radius 2 is 1.05 bits per heavy atom. The first kappa shape index (κ1) is 96.0. The molecule has 20 rings (SSSR count). The van der Waals surface area contributed by atoms with Crippen molar-refractivity contribution in [2.75, 3.05) is 116 Å². The number of fused-ring (bicyclic) bond motifs is 3. The Balaban J connectivity index is 0.000000139. The van der Waals surface area contributed by atoms with E-state index in [4.69, 9.17) is 15.0 Å². The smallest absolute Gasteiger partial charge is 0.276 e. The molecule has 1 aliphatic carbocycles. The molecule has 2 unspecified atom stereocenters. The number of rotatable bonds is 29. The van der Waals surface area contributed by atoms with E-state index >= 15 is 0 Å². The normalized spacial score (nSPS) is 15.0. The van der Waals surface area contributed by atoms with E-state index in [9.17, 15) is 35.4 Å². The van der Waals surface area contributed by atoms with E-state index < -0.39 is 35.7 Å². The van der Waals surface area contributed by atoms with Crippen LogP contribution in [0.2, 0.25) is 0 Å². The number of aromatic nitrogens is 13. The zero-order chi connectivity index (χ0) is 96.8. The number of sulfone groups is 2. The van der Waals surface area contributed by atoms with E-state index in [0.29, 0.717) is 127 Å². The lowest BCUT2D eigenvalue weighted by atomic mass is 10.0. The van der Waals surface area contributed by atoms with Gasteiger partial charge in [0, 0.05) is 166 Å². The Bertz CT molecular complexity index is 7610. The average Bonchev–Trinajstić information content (AvgIpc) is 1.00. The number of benzene rings is 6. The Hall–Kier alpha value is -14.2. The van der Waals surface area contributed by atoms with Crippen LogP contribution < -0.4 is 69.4 Å². The van der Waals surface area contributed by atoms with Crippen LogP contribution in [0.3, 0.4) is 0 Å². The zero-order valence-corrected chi connectivity index (χ0v) is 81.6. The number of thiazole rings is 1. The Morgan fingerprint density at radius 3 is 1.69 bits per heavy atom. The predicted octanol–water partition coefficient (Wildman–Crippen LogP) is 15.4. The van der Waals surface area contributed by atoms with Crippen LogP contribution in [0.25, 0.3) is 55.5 Å². The van der Waals surface area contributed by atoms with Crippen molar-refractivity contribution in [3.05, 3.63) is 313 Å². The second kappa shape index (κ2) is 43.8. The number of nitrogens with zero attached hydrogens (tertiary/aromatic N) is 15. The van der Waals surface area contributed by atoms with Gasteiger partial charge < -0.3 is 57.7 Å².